The van der Waals surface area contributed by atoms with Crippen molar-refractivity contribution in [1.29, 1.82) is 0 Å². The molecule has 2 rings (SSSR count). The molecular formula is C8H12O4. The highest BCUT2D eigenvalue weighted by molar-refractivity contribution is 5.66. The molecule has 0 unspecified atom stereocenters. The minimum atomic E-state index is -1.57. The fourth-order valence-corrected chi connectivity index (χ4v) is 1.70. The minimum Gasteiger partial charge on any atom is -0.460 e. The predicted octanol–water partition coefficient (Wildman–Crippen LogP) is 0.311. The number of ether oxygens (including phenoxy) is 3. The lowest BCUT2D eigenvalue weighted by Gasteiger charge is -2.13. The molecule has 0 aromatic heterocycles. The lowest BCUT2D eigenvalue weighted by molar-refractivity contribution is -0.147. The quantitative estimate of drug-likeness (QED) is 0.537. The third kappa shape index (κ3) is 1.32. The van der Waals surface area contributed by atoms with E-state index in [0.717, 1.165) is 6.42 Å². The summed E-state index contributed by atoms with van der Waals surface area (Å²) in [5.74, 6) is -0.733. The van der Waals surface area contributed by atoms with Crippen LogP contribution in [0.15, 0.2) is 0 Å². The first-order valence-corrected chi connectivity index (χ1v) is 3.96. The van der Waals surface area contributed by atoms with Crippen LogP contribution in [0.3, 0.4) is 0 Å². The van der Waals surface area contributed by atoms with E-state index in [1.165, 1.54) is 0 Å². The Morgan fingerprint density at radius 1 is 1.67 bits per heavy atom. The van der Waals surface area contributed by atoms with E-state index in [9.17, 15) is 4.79 Å². The molecule has 0 aromatic rings. The van der Waals surface area contributed by atoms with Crippen molar-refractivity contribution in [3.05, 3.63) is 0 Å². The van der Waals surface area contributed by atoms with E-state index in [4.69, 9.17) is 17.0 Å². The van der Waals surface area contributed by atoms with Gasteiger partial charge in [-0.2, -0.15) is 0 Å². The summed E-state index contributed by atoms with van der Waals surface area (Å²) in [6.07, 6.45) is 0.208. The van der Waals surface area contributed by atoms with Crippen LogP contribution in [-0.4, -0.2) is 31.6 Å². The van der Waals surface area contributed by atoms with Crippen LogP contribution in [0, 0.1) is 5.92 Å². The van der Waals surface area contributed by atoms with Gasteiger partial charge in [-0.05, 0) is 6.42 Å². The monoisotopic (exact) mass is 174 g/mol. The Kier molecular flexibility index (Phi) is 1.50. The van der Waals surface area contributed by atoms with Crippen LogP contribution in [0.25, 0.3) is 0 Å². The number of hydrogen-bond donors (Lipinski definition) is 0. The fourth-order valence-electron chi connectivity index (χ4n) is 1.70. The van der Waals surface area contributed by atoms with Crippen molar-refractivity contribution in [2.75, 3.05) is 13.2 Å². The number of esters is 1. The van der Waals surface area contributed by atoms with Gasteiger partial charge in [-0.15, -0.1) is 0 Å². The van der Waals surface area contributed by atoms with Gasteiger partial charge in [-0.25, -0.2) is 0 Å². The Morgan fingerprint density at radius 3 is 3.42 bits per heavy atom. The molecule has 0 radical (unpaired) electrons. The summed E-state index contributed by atoms with van der Waals surface area (Å²) in [6, 6.07) is 0. The maximum Gasteiger partial charge on any atom is 0.302 e. The largest absolute Gasteiger partial charge is 0.460 e. The zero-order valence-corrected chi connectivity index (χ0v) is 6.56. The third-order valence-electron chi connectivity index (χ3n) is 2.25. The second-order valence-electron chi connectivity index (χ2n) is 3.00. The summed E-state index contributed by atoms with van der Waals surface area (Å²) in [6.45, 7) is -0.640. The Labute approximate surface area is 73.6 Å². The number of carbonyl (C=O) groups excluding carboxylic acids is 1. The normalized spacial score (nSPS) is 42.2. The van der Waals surface area contributed by atoms with Gasteiger partial charge < -0.3 is 14.2 Å². The first-order valence-electron chi connectivity index (χ1n) is 5.12. The molecule has 68 valence electrons. The summed E-state index contributed by atoms with van der Waals surface area (Å²) in [7, 11) is 0. The van der Waals surface area contributed by atoms with Gasteiger partial charge in [0, 0.05) is 9.62 Å². The first kappa shape index (κ1) is 5.94. The molecule has 2 heterocycles. The van der Waals surface area contributed by atoms with Crippen molar-refractivity contribution in [1.82, 2.24) is 0 Å². The predicted molar refractivity (Wildman–Crippen MR) is 39.4 cm³/mol. The maximum atomic E-state index is 11.0. The highest BCUT2D eigenvalue weighted by Crippen LogP contribution is 2.32. The van der Waals surface area contributed by atoms with E-state index in [1.807, 2.05) is 0 Å². The minimum absolute atomic E-state index is 0.0812. The Morgan fingerprint density at radius 2 is 2.58 bits per heavy atom. The van der Waals surface area contributed by atoms with Crippen LogP contribution < -0.4 is 0 Å². The van der Waals surface area contributed by atoms with Gasteiger partial charge in [0.2, 0.25) is 0 Å². The van der Waals surface area contributed by atoms with Crippen LogP contribution in [0.1, 0.15) is 16.0 Å². The van der Waals surface area contributed by atoms with E-state index in [0.29, 0.717) is 13.2 Å². The van der Waals surface area contributed by atoms with Crippen molar-refractivity contribution in [2.45, 2.75) is 25.7 Å². The van der Waals surface area contributed by atoms with Crippen molar-refractivity contribution in [2.24, 2.45) is 5.92 Å². The van der Waals surface area contributed by atoms with Gasteiger partial charge in [-0.1, -0.05) is 0 Å². The number of carbonyl (C=O) groups is 1. The van der Waals surface area contributed by atoms with E-state index in [1.54, 1.807) is 0 Å². The smallest absolute Gasteiger partial charge is 0.302 e. The summed E-state index contributed by atoms with van der Waals surface area (Å²) in [5, 5.41) is 0. The molecule has 0 bridgehead atoms. The summed E-state index contributed by atoms with van der Waals surface area (Å²) in [4.78, 5) is 11.0. The zero-order valence-electron chi connectivity index (χ0n) is 8.56. The molecule has 12 heavy (non-hydrogen) atoms. The van der Waals surface area contributed by atoms with Gasteiger partial charge in [0.05, 0.1) is 19.1 Å². The van der Waals surface area contributed by atoms with Crippen LogP contribution in [0.5, 0.6) is 0 Å². The molecule has 2 fully saturated rings. The number of hydrogen-bond acceptors (Lipinski definition) is 4. The maximum absolute atomic E-state index is 11.0. The van der Waals surface area contributed by atoms with Crippen molar-refractivity contribution in [3.63, 3.8) is 0 Å². The molecule has 4 heteroatoms. The first-order chi connectivity index (χ1) is 6.68. The van der Waals surface area contributed by atoms with E-state index >= 15 is 0 Å². The average molecular weight is 174 g/mol. The van der Waals surface area contributed by atoms with Gasteiger partial charge in [0.15, 0.2) is 6.29 Å². The summed E-state index contributed by atoms with van der Waals surface area (Å²) < 4.78 is 29.2. The molecule has 4 nitrogen and oxygen atoms in total. The Balaban J connectivity index is 1.90. The van der Waals surface area contributed by atoms with Gasteiger partial charge in [0.1, 0.15) is 6.10 Å². The molecule has 0 saturated carbocycles. The van der Waals surface area contributed by atoms with E-state index in [2.05, 4.69) is 0 Å². The molecule has 2 saturated heterocycles. The van der Waals surface area contributed by atoms with Crippen molar-refractivity contribution in [3.8, 4) is 0 Å². The van der Waals surface area contributed by atoms with Gasteiger partial charge in [-0.3, -0.25) is 4.79 Å². The Bertz CT molecular complexity index is 233. The lowest BCUT2D eigenvalue weighted by Crippen LogP contribution is -2.25. The lowest BCUT2D eigenvalue weighted by atomic mass is 10.0. The SMILES string of the molecule is [2H]C([2H])C(=O)O[C@H]1CO[C@H]2OCC[C@H]21. The highest BCUT2D eigenvalue weighted by atomic mass is 16.7. The van der Waals surface area contributed by atoms with Crippen molar-refractivity contribution >= 4 is 5.97 Å². The molecule has 0 aliphatic carbocycles. The topological polar surface area (TPSA) is 44.8 Å². The van der Waals surface area contributed by atoms with Gasteiger partial charge >= 0.3 is 5.97 Å². The summed E-state index contributed by atoms with van der Waals surface area (Å²) >= 11 is 0. The van der Waals surface area contributed by atoms with Crippen LogP contribution in [0.2, 0.25) is 0 Å². The second kappa shape index (κ2) is 3.03. The molecule has 0 spiro atoms. The zero-order chi connectivity index (χ0) is 10.1. The molecule has 0 aromatic carbocycles. The summed E-state index contributed by atoms with van der Waals surface area (Å²) in [5.41, 5.74) is 0. The van der Waals surface area contributed by atoms with Crippen LogP contribution >= 0.6 is 0 Å². The standard InChI is InChI=1S/C8H12O4/c1-5(9)12-7-4-11-8-6(7)2-3-10-8/h6-8H,2-4H2,1H3/t6-,7-,8+/m0/s1/i1D2. The molecule has 3 atom stereocenters. The van der Waals surface area contributed by atoms with Crippen molar-refractivity contribution < 1.29 is 21.7 Å². The van der Waals surface area contributed by atoms with Gasteiger partial charge in [0.25, 0.3) is 0 Å². The number of rotatable bonds is 1. The average Bonchev–Trinajstić information content (AvgIpc) is 2.69. The fraction of sp³-hybridized carbons (Fsp3) is 0.875. The molecule has 2 aliphatic heterocycles. The van der Waals surface area contributed by atoms with E-state index in [-0.39, 0.29) is 18.3 Å². The van der Waals surface area contributed by atoms with Crippen LogP contribution in [-0.2, 0) is 19.0 Å². The van der Waals surface area contributed by atoms with Crippen LogP contribution in [0.4, 0.5) is 0 Å². The highest BCUT2D eigenvalue weighted by Gasteiger charge is 2.43. The van der Waals surface area contributed by atoms with E-state index < -0.39 is 12.8 Å². The molecular weight excluding hydrogens is 160 g/mol. The third-order valence-corrected chi connectivity index (χ3v) is 2.25. The number of fused-ring (bicyclic) bond motifs is 1. The molecule has 0 amide bonds. The second-order valence-corrected chi connectivity index (χ2v) is 3.00. The molecule has 0 N–H and O–H groups in total. The Hall–Kier alpha value is -0.610. The molecule has 2 aliphatic rings.